The summed E-state index contributed by atoms with van der Waals surface area (Å²) in [5, 5.41) is 4.05. The van der Waals surface area contributed by atoms with Gasteiger partial charge in [0.2, 0.25) is 5.91 Å². The van der Waals surface area contributed by atoms with E-state index in [1.165, 1.54) is 0 Å². The topological polar surface area (TPSA) is 63.6 Å². The van der Waals surface area contributed by atoms with Crippen molar-refractivity contribution >= 4 is 28.5 Å². The number of esters is 1. The highest BCUT2D eigenvalue weighted by Crippen LogP contribution is 2.16. The SMILES string of the molecule is CCN(CC)CCOC(=O)c1ccc(NC(=O)CCn2ccc3ccccc32)cc1. The molecule has 3 rings (SSSR count). The van der Waals surface area contributed by atoms with Gasteiger partial charge in [0.25, 0.3) is 0 Å². The molecule has 0 aliphatic carbocycles. The molecule has 0 unspecified atom stereocenters. The molecule has 0 fully saturated rings. The van der Waals surface area contributed by atoms with E-state index in [1.807, 2.05) is 30.5 Å². The van der Waals surface area contributed by atoms with E-state index in [0.717, 1.165) is 30.5 Å². The second-order valence-electron chi connectivity index (χ2n) is 7.11. The lowest BCUT2D eigenvalue weighted by Gasteiger charge is -2.17. The maximum atomic E-state index is 12.3. The van der Waals surface area contributed by atoms with Crippen molar-refractivity contribution in [3.05, 3.63) is 66.4 Å². The predicted molar refractivity (Wildman–Crippen MR) is 120 cm³/mol. The number of amides is 1. The van der Waals surface area contributed by atoms with Gasteiger partial charge in [-0.1, -0.05) is 32.0 Å². The number of anilines is 1. The number of ether oxygens (including phenoxy) is 1. The first-order chi connectivity index (χ1) is 14.6. The molecule has 30 heavy (non-hydrogen) atoms. The minimum atomic E-state index is -0.348. The zero-order chi connectivity index (χ0) is 21.3. The van der Waals surface area contributed by atoms with Gasteiger partial charge in [0, 0.05) is 36.9 Å². The van der Waals surface area contributed by atoms with E-state index in [1.54, 1.807) is 24.3 Å². The predicted octanol–water partition coefficient (Wildman–Crippen LogP) is 4.17. The van der Waals surface area contributed by atoms with Crippen LogP contribution in [-0.2, 0) is 16.1 Å². The number of hydrogen-bond donors (Lipinski definition) is 1. The summed E-state index contributed by atoms with van der Waals surface area (Å²) in [4.78, 5) is 26.6. The van der Waals surface area contributed by atoms with Crippen molar-refractivity contribution in [2.45, 2.75) is 26.8 Å². The fourth-order valence-electron chi connectivity index (χ4n) is 3.36. The van der Waals surface area contributed by atoms with Gasteiger partial charge < -0.3 is 19.5 Å². The Hall–Kier alpha value is -3.12. The van der Waals surface area contributed by atoms with Crippen molar-refractivity contribution in [1.82, 2.24) is 9.47 Å². The van der Waals surface area contributed by atoms with Crippen molar-refractivity contribution < 1.29 is 14.3 Å². The van der Waals surface area contributed by atoms with Crippen molar-refractivity contribution in [2.24, 2.45) is 0 Å². The fraction of sp³-hybridized carbons (Fsp3) is 0.333. The Kier molecular flexibility index (Phi) is 7.63. The van der Waals surface area contributed by atoms with Crippen LogP contribution in [0.3, 0.4) is 0 Å². The average molecular weight is 408 g/mol. The summed E-state index contributed by atoms with van der Waals surface area (Å²) in [6.45, 7) is 7.73. The number of carbonyl (C=O) groups is 2. The minimum absolute atomic E-state index is 0.0673. The van der Waals surface area contributed by atoms with Gasteiger partial charge in [-0.2, -0.15) is 0 Å². The highest BCUT2D eigenvalue weighted by Gasteiger charge is 2.09. The summed E-state index contributed by atoms with van der Waals surface area (Å²) in [7, 11) is 0. The maximum Gasteiger partial charge on any atom is 0.338 e. The molecule has 0 aliphatic heterocycles. The van der Waals surface area contributed by atoms with Crippen molar-refractivity contribution in [3.8, 4) is 0 Å². The molecule has 1 amide bonds. The molecule has 0 saturated heterocycles. The number of benzene rings is 2. The molecule has 0 bridgehead atoms. The van der Waals surface area contributed by atoms with Gasteiger partial charge in [-0.15, -0.1) is 0 Å². The molecule has 0 aliphatic rings. The van der Waals surface area contributed by atoms with E-state index < -0.39 is 0 Å². The van der Waals surface area contributed by atoms with Gasteiger partial charge in [0.05, 0.1) is 5.56 Å². The van der Waals surface area contributed by atoms with Crippen LogP contribution in [0.2, 0.25) is 0 Å². The number of nitrogens with zero attached hydrogens (tertiary/aromatic N) is 2. The standard InChI is InChI=1S/C24H29N3O3/c1-3-26(4-2)17-18-30-24(29)20-9-11-21(12-10-20)25-23(28)14-16-27-15-13-19-7-5-6-8-22(19)27/h5-13,15H,3-4,14,16-18H2,1-2H3,(H,25,28). The van der Waals surface area contributed by atoms with Crippen molar-refractivity contribution in [1.29, 1.82) is 0 Å². The number of carbonyl (C=O) groups excluding carboxylic acids is 2. The van der Waals surface area contributed by atoms with Crippen LogP contribution in [0.15, 0.2) is 60.8 Å². The molecule has 158 valence electrons. The summed E-state index contributed by atoms with van der Waals surface area (Å²) in [6.07, 6.45) is 2.37. The number of hydrogen-bond acceptors (Lipinski definition) is 4. The third-order valence-corrected chi connectivity index (χ3v) is 5.20. The zero-order valence-electron chi connectivity index (χ0n) is 17.6. The molecule has 0 saturated carbocycles. The Balaban J connectivity index is 1.46. The molecule has 1 N–H and O–H groups in total. The second-order valence-corrected chi connectivity index (χ2v) is 7.11. The molecular weight excluding hydrogens is 378 g/mol. The quantitative estimate of drug-likeness (QED) is 0.513. The van der Waals surface area contributed by atoms with Crippen LogP contribution in [0.1, 0.15) is 30.6 Å². The third-order valence-electron chi connectivity index (χ3n) is 5.20. The minimum Gasteiger partial charge on any atom is -0.461 e. The Labute approximate surface area is 177 Å². The molecular formula is C24H29N3O3. The van der Waals surface area contributed by atoms with Crippen LogP contribution in [0.5, 0.6) is 0 Å². The van der Waals surface area contributed by atoms with Crippen LogP contribution in [0.25, 0.3) is 10.9 Å². The Morgan fingerprint density at radius 1 is 1.00 bits per heavy atom. The second kappa shape index (κ2) is 10.6. The number of para-hydroxylation sites is 1. The summed E-state index contributed by atoms with van der Waals surface area (Å²) < 4.78 is 7.40. The number of rotatable bonds is 10. The largest absolute Gasteiger partial charge is 0.461 e. The van der Waals surface area contributed by atoms with Crippen LogP contribution < -0.4 is 5.32 Å². The maximum absolute atomic E-state index is 12.3. The first kappa shape index (κ1) is 21.6. The summed E-state index contributed by atoms with van der Waals surface area (Å²) in [5.41, 5.74) is 2.26. The van der Waals surface area contributed by atoms with Gasteiger partial charge in [0.1, 0.15) is 6.61 Å². The van der Waals surface area contributed by atoms with Gasteiger partial charge in [0.15, 0.2) is 0 Å². The summed E-state index contributed by atoms with van der Waals surface area (Å²) in [5.74, 6) is -0.415. The van der Waals surface area contributed by atoms with Crippen LogP contribution in [0, 0.1) is 0 Å². The van der Waals surface area contributed by atoms with E-state index in [2.05, 4.69) is 34.7 Å². The van der Waals surface area contributed by atoms with Crippen LogP contribution >= 0.6 is 0 Å². The lowest BCUT2D eigenvalue weighted by molar-refractivity contribution is -0.116. The number of likely N-dealkylation sites (N-methyl/N-ethyl adjacent to an activating group) is 1. The van der Waals surface area contributed by atoms with Gasteiger partial charge in [-0.25, -0.2) is 4.79 Å². The molecule has 1 heterocycles. The Morgan fingerprint density at radius 2 is 1.73 bits per heavy atom. The average Bonchev–Trinajstić information content (AvgIpc) is 3.19. The van der Waals surface area contributed by atoms with E-state index >= 15 is 0 Å². The molecule has 1 aromatic heterocycles. The first-order valence-corrected chi connectivity index (χ1v) is 10.4. The number of aromatic nitrogens is 1. The lowest BCUT2D eigenvalue weighted by atomic mass is 10.2. The number of fused-ring (bicyclic) bond motifs is 1. The highest BCUT2D eigenvalue weighted by molar-refractivity contribution is 5.93. The number of aryl methyl sites for hydroxylation is 1. The monoisotopic (exact) mass is 407 g/mol. The van der Waals surface area contributed by atoms with Crippen molar-refractivity contribution in [3.63, 3.8) is 0 Å². The summed E-state index contributed by atoms with van der Waals surface area (Å²) in [6, 6.07) is 17.0. The first-order valence-electron chi connectivity index (χ1n) is 10.4. The van der Waals surface area contributed by atoms with E-state index in [0.29, 0.717) is 30.8 Å². The summed E-state index contributed by atoms with van der Waals surface area (Å²) >= 11 is 0. The zero-order valence-corrected chi connectivity index (χ0v) is 17.6. The van der Waals surface area contributed by atoms with Gasteiger partial charge in [-0.3, -0.25) is 4.79 Å². The Bertz CT molecular complexity index is 975. The Morgan fingerprint density at radius 3 is 2.47 bits per heavy atom. The molecule has 2 aromatic carbocycles. The van der Waals surface area contributed by atoms with E-state index in [9.17, 15) is 9.59 Å². The smallest absolute Gasteiger partial charge is 0.338 e. The van der Waals surface area contributed by atoms with Crippen molar-refractivity contribution in [2.75, 3.05) is 31.6 Å². The van der Waals surface area contributed by atoms with Gasteiger partial charge in [-0.05, 0) is 54.9 Å². The lowest BCUT2D eigenvalue weighted by Crippen LogP contribution is -2.27. The van der Waals surface area contributed by atoms with E-state index in [-0.39, 0.29) is 11.9 Å². The highest BCUT2D eigenvalue weighted by atomic mass is 16.5. The molecule has 0 atom stereocenters. The molecule has 3 aromatic rings. The molecule has 0 radical (unpaired) electrons. The van der Waals surface area contributed by atoms with E-state index in [4.69, 9.17) is 4.74 Å². The molecule has 0 spiro atoms. The molecule has 6 nitrogen and oxygen atoms in total. The van der Waals surface area contributed by atoms with Gasteiger partial charge >= 0.3 is 5.97 Å². The van der Waals surface area contributed by atoms with Crippen LogP contribution in [-0.4, -0.2) is 47.6 Å². The third kappa shape index (κ3) is 5.70. The number of nitrogens with one attached hydrogen (secondary N) is 1. The normalized spacial score (nSPS) is 11.0. The van der Waals surface area contributed by atoms with Crippen LogP contribution in [0.4, 0.5) is 5.69 Å². The fourth-order valence-corrected chi connectivity index (χ4v) is 3.36. The molecule has 6 heteroatoms.